The van der Waals surface area contributed by atoms with Gasteiger partial charge >= 0.3 is 0 Å². The minimum atomic E-state index is 0.158. The van der Waals surface area contributed by atoms with Gasteiger partial charge in [0.1, 0.15) is 9.88 Å². The van der Waals surface area contributed by atoms with E-state index in [2.05, 4.69) is 43.0 Å². The molecule has 1 aromatic heterocycles. The Morgan fingerprint density at radius 2 is 1.71 bits per heavy atom. The average molecular weight is 398 g/mol. The molecular weight excluding hydrogens is 366 g/mol. The molecule has 4 nitrogen and oxygen atoms in total. The molecule has 1 aliphatic carbocycles. The van der Waals surface area contributed by atoms with Crippen LogP contribution in [0.5, 0.6) is 0 Å². The summed E-state index contributed by atoms with van der Waals surface area (Å²) in [6.45, 7) is 10.1. The Labute approximate surface area is 172 Å². The van der Waals surface area contributed by atoms with Crippen LogP contribution in [0.1, 0.15) is 66.4 Å². The third-order valence-corrected chi connectivity index (χ3v) is 7.45. The number of rotatable bonds is 4. The van der Waals surface area contributed by atoms with Crippen LogP contribution in [0.4, 0.5) is 0 Å². The SMILES string of the molecule is Cc1nc(-c2ccc(C(C)C)cc2)sc1C(=O)N1CCN(C2CCCC2)CC1. The van der Waals surface area contributed by atoms with Gasteiger partial charge in [0.2, 0.25) is 0 Å². The highest BCUT2D eigenvalue weighted by Crippen LogP contribution is 2.30. The van der Waals surface area contributed by atoms with Crippen molar-refractivity contribution in [1.82, 2.24) is 14.8 Å². The lowest BCUT2D eigenvalue weighted by Gasteiger charge is -2.37. The van der Waals surface area contributed by atoms with Gasteiger partial charge in [0, 0.05) is 37.8 Å². The van der Waals surface area contributed by atoms with Crippen molar-refractivity contribution in [2.45, 2.75) is 58.4 Å². The summed E-state index contributed by atoms with van der Waals surface area (Å²) in [5, 5.41) is 0.945. The van der Waals surface area contributed by atoms with E-state index in [0.717, 1.165) is 53.4 Å². The summed E-state index contributed by atoms with van der Waals surface area (Å²) in [6, 6.07) is 9.34. The second-order valence-electron chi connectivity index (χ2n) is 8.48. The molecule has 4 rings (SSSR count). The van der Waals surface area contributed by atoms with Gasteiger partial charge < -0.3 is 4.90 Å². The molecule has 2 fully saturated rings. The van der Waals surface area contributed by atoms with Crippen LogP contribution in [0.2, 0.25) is 0 Å². The van der Waals surface area contributed by atoms with Crippen molar-refractivity contribution in [3.05, 3.63) is 40.4 Å². The van der Waals surface area contributed by atoms with Crippen molar-refractivity contribution in [3.63, 3.8) is 0 Å². The van der Waals surface area contributed by atoms with E-state index < -0.39 is 0 Å². The molecule has 1 amide bonds. The fraction of sp³-hybridized carbons (Fsp3) is 0.565. The van der Waals surface area contributed by atoms with Crippen LogP contribution in [0.3, 0.4) is 0 Å². The molecule has 0 unspecified atom stereocenters. The molecule has 1 saturated heterocycles. The maximum atomic E-state index is 13.1. The fourth-order valence-electron chi connectivity index (χ4n) is 4.43. The molecule has 0 atom stereocenters. The van der Waals surface area contributed by atoms with E-state index in [4.69, 9.17) is 4.98 Å². The number of thiazole rings is 1. The molecule has 1 aliphatic heterocycles. The first-order chi connectivity index (χ1) is 13.5. The van der Waals surface area contributed by atoms with Gasteiger partial charge in [-0.05, 0) is 31.2 Å². The molecule has 2 aromatic rings. The predicted molar refractivity (Wildman–Crippen MR) is 116 cm³/mol. The number of carbonyl (C=O) groups excluding carboxylic acids is 1. The highest BCUT2D eigenvalue weighted by molar-refractivity contribution is 7.17. The largest absolute Gasteiger partial charge is 0.335 e. The van der Waals surface area contributed by atoms with Crippen molar-refractivity contribution in [2.75, 3.05) is 26.2 Å². The highest BCUT2D eigenvalue weighted by atomic mass is 32.1. The van der Waals surface area contributed by atoms with Crippen LogP contribution in [0, 0.1) is 6.92 Å². The van der Waals surface area contributed by atoms with Crippen molar-refractivity contribution in [1.29, 1.82) is 0 Å². The molecule has 150 valence electrons. The fourth-order valence-corrected chi connectivity index (χ4v) is 5.47. The second-order valence-corrected chi connectivity index (χ2v) is 9.48. The van der Waals surface area contributed by atoms with E-state index >= 15 is 0 Å². The molecule has 0 N–H and O–H groups in total. The van der Waals surface area contributed by atoms with Gasteiger partial charge in [0.15, 0.2) is 0 Å². The van der Waals surface area contributed by atoms with Crippen molar-refractivity contribution >= 4 is 17.2 Å². The van der Waals surface area contributed by atoms with Gasteiger partial charge in [-0.15, -0.1) is 11.3 Å². The lowest BCUT2D eigenvalue weighted by atomic mass is 10.0. The Morgan fingerprint density at radius 3 is 2.32 bits per heavy atom. The highest BCUT2D eigenvalue weighted by Gasteiger charge is 2.29. The van der Waals surface area contributed by atoms with E-state index in [0.29, 0.717) is 5.92 Å². The van der Waals surface area contributed by atoms with E-state index in [1.54, 1.807) is 0 Å². The summed E-state index contributed by atoms with van der Waals surface area (Å²) < 4.78 is 0. The van der Waals surface area contributed by atoms with Gasteiger partial charge in [-0.2, -0.15) is 0 Å². The van der Waals surface area contributed by atoms with Crippen LogP contribution in [0.25, 0.3) is 10.6 Å². The second kappa shape index (κ2) is 8.34. The number of aryl methyl sites for hydroxylation is 1. The summed E-state index contributed by atoms with van der Waals surface area (Å²) in [5.41, 5.74) is 3.28. The van der Waals surface area contributed by atoms with Crippen LogP contribution < -0.4 is 0 Å². The van der Waals surface area contributed by atoms with Crippen LogP contribution >= 0.6 is 11.3 Å². The zero-order valence-electron chi connectivity index (χ0n) is 17.3. The molecule has 0 bridgehead atoms. The van der Waals surface area contributed by atoms with Crippen molar-refractivity contribution in [2.24, 2.45) is 0 Å². The zero-order valence-corrected chi connectivity index (χ0v) is 18.1. The molecule has 0 spiro atoms. The Morgan fingerprint density at radius 1 is 1.07 bits per heavy atom. The Bertz CT molecular complexity index is 813. The maximum absolute atomic E-state index is 13.1. The Balaban J connectivity index is 1.44. The summed E-state index contributed by atoms with van der Waals surface area (Å²) in [7, 11) is 0. The number of hydrogen-bond acceptors (Lipinski definition) is 4. The number of nitrogens with zero attached hydrogens (tertiary/aromatic N) is 3. The Kier molecular flexibility index (Phi) is 5.83. The summed E-state index contributed by atoms with van der Waals surface area (Å²) in [6.07, 6.45) is 5.40. The van der Waals surface area contributed by atoms with Gasteiger partial charge in [-0.25, -0.2) is 4.98 Å². The summed E-state index contributed by atoms with van der Waals surface area (Å²) in [4.78, 5) is 23.2. The first-order valence-electron chi connectivity index (χ1n) is 10.6. The van der Waals surface area contributed by atoms with E-state index in [1.165, 1.54) is 42.6 Å². The van der Waals surface area contributed by atoms with Crippen molar-refractivity contribution < 1.29 is 4.79 Å². The molecule has 2 aliphatic rings. The number of aromatic nitrogens is 1. The van der Waals surface area contributed by atoms with Gasteiger partial charge in [0.25, 0.3) is 5.91 Å². The number of hydrogen-bond donors (Lipinski definition) is 0. The zero-order chi connectivity index (χ0) is 19.7. The topological polar surface area (TPSA) is 36.4 Å². The van der Waals surface area contributed by atoms with Crippen LogP contribution in [-0.4, -0.2) is 52.9 Å². The predicted octanol–water partition coefficient (Wildman–Crippen LogP) is 4.94. The summed E-state index contributed by atoms with van der Waals surface area (Å²) in [5.74, 6) is 0.679. The maximum Gasteiger partial charge on any atom is 0.265 e. The van der Waals surface area contributed by atoms with E-state index in [9.17, 15) is 4.79 Å². The van der Waals surface area contributed by atoms with Gasteiger partial charge in [-0.1, -0.05) is 51.0 Å². The third-order valence-electron chi connectivity index (χ3n) is 6.26. The quantitative estimate of drug-likeness (QED) is 0.733. The minimum absolute atomic E-state index is 0.158. The molecule has 1 saturated carbocycles. The normalized spacial score (nSPS) is 18.9. The average Bonchev–Trinajstić information content (AvgIpc) is 3.38. The molecule has 2 heterocycles. The van der Waals surface area contributed by atoms with Gasteiger partial charge in [0.05, 0.1) is 5.69 Å². The molecule has 1 aromatic carbocycles. The smallest absolute Gasteiger partial charge is 0.265 e. The van der Waals surface area contributed by atoms with Gasteiger partial charge in [-0.3, -0.25) is 9.69 Å². The molecule has 5 heteroatoms. The van der Waals surface area contributed by atoms with Crippen LogP contribution in [0.15, 0.2) is 24.3 Å². The molecular formula is C23H31N3OS. The lowest BCUT2D eigenvalue weighted by Crippen LogP contribution is -2.51. The lowest BCUT2D eigenvalue weighted by molar-refractivity contribution is 0.0577. The van der Waals surface area contributed by atoms with Crippen LogP contribution in [-0.2, 0) is 0 Å². The Hall–Kier alpha value is -1.72. The third kappa shape index (κ3) is 4.01. The number of amides is 1. The molecule has 0 radical (unpaired) electrons. The van der Waals surface area contributed by atoms with Crippen molar-refractivity contribution in [3.8, 4) is 10.6 Å². The molecule has 28 heavy (non-hydrogen) atoms. The summed E-state index contributed by atoms with van der Waals surface area (Å²) >= 11 is 1.54. The van der Waals surface area contributed by atoms with E-state index in [-0.39, 0.29) is 5.91 Å². The first-order valence-corrected chi connectivity index (χ1v) is 11.5. The monoisotopic (exact) mass is 397 g/mol. The minimum Gasteiger partial charge on any atom is -0.335 e. The number of benzene rings is 1. The van der Waals surface area contributed by atoms with E-state index in [1.807, 2.05) is 11.8 Å². The number of carbonyl (C=O) groups is 1. The standard InChI is InChI=1S/C23H31N3OS/c1-16(2)18-8-10-19(11-9-18)22-24-17(3)21(28-22)23(27)26-14-12-25(13-15-26)20-6-4-5-7-20/h8-11,16,20H,4-7,12-15H2,1-3H3. The first kappa shape index (κ1) is 19.6. The number of piperazine rings is 1.